The van der Waals surface area contributed by atoms with Crippen LogP contribution in [0.2, 0.25) is 0 Å². The number of benzene rings is 1. The number of phenolic OH excluding ortho intramolecular Hbond substituents is 1. The van der Waals surface area contributed by atoms with Gasteiger partial charge in [0.2, 0.25) is 0 Å². The van der Waals surface area contributed by atoms with E-state index in [9.17, 15) is 5.11 Å². The molecule has 1 saturated heterocycles. The Bertz CT molecular complexity index is 377. The number of hydrogen-bond donors (Lipinski definition) is 2. The molecule has 1 aliphatic heterocycles. The van der Waals surface area contributed by atoms with Crippen molar-refractivity contribution in [2.24, 2.45) is 0 Å². The number of ether oxygens (including phenoxy) is 3. The number of methoxy groups -OCH3 is 1. The summed E-state index contributed by atoms with van der Waals surface area (Å²) in [5.41, 5.74) is 0.811. The van der Waals surface area contributed by atoms with Gasteiger partial charge in [-0.3, -0.25) is 0 Å². The molecule has 0 spiro atoms. The molecule has 18 heavy (non-hydrogen) atoms. The maximum atomic E-state index is 9.90. The quantitative estimate of drug-likeness (QED) is 0.816. The minimum atomic E-state index is 0.0894. The summed E-state index contributed by atoms with van der Waals surface area (Å²) in [6.07, 6.45) is 0.0894. The maximum Gasteiger partial charge on any atom is 0.162 e. The molecule has 0 aromatic heterocycles. The van der Waals surface area contributed by atoms with E-state index in [0.29, 0.717) is 38.7 Å². The molecule has 1 atom stereocenters. The summed E-state index contributed by atoms with van der Waals surface area (Å²) < 4.78 is 15.9. The topological polar surface area (TPSA) is 60.0 Å². The van der Waals surface area contributed by atoms with E-state index in [1.165, 1.54) is 0 Å². The summed E-state index contributed by atoms with van der Waals surface area (Å²) in [7, 11) is 1.54. The molecule has 0 amide bonds. The van der Waals surface area contributed by atoms with Crippen molar-refractivity contribution in [2.45, 2.75) is 12.6 Å². The Morgan fingerprint density at radius 1 is 1.44 bits per heavy atom. The monoisotopic (exact) mass is 253 g/mol. The van der Waals surface area contributed by atoms with E-state index in [2.05, 4.69) is 5.32 Å². The van der Waals surface area contributed by atoms with Gasteiger partial charge in [0, 0.05) is 18.7 Å². The number of rotatable bonds is 5. The molecule has 1 fully saturated rings. The number of nitrogens with one attached hydrogen (secondary N) is 1. The average Bonchev–Trinajstić information content (AvgIpc) is 2.42. The van der Waals surface area contributed by atoms with Gasteiger partial charge in [0.25, 0.3) is 0 Å². The van der Waals surface area contributed by atoms with Gasteiger partial charge < -0.3 is 24.6 Å². The molecule has 0 aliphatic carbocycles. The highest BCUT2D eigenvalue weighted by Gasteiger charge is 2.14. The van der Waals surface area contributed by atoms with E-state index < -0.39 is 0 Å². The van der Waals surface area contributed by atoms with Crippen LogP contribution >= 0.6 is 0 Å². The number of phenols is 1. The molecule has 100 valence electrons. The van der Waals surface area contributed by atoms with Gasteiger partial charge in [0.15, 0.2) is 11.5 Å². The van der Waals surface area contributed by atoms with Crippen LogP contribution in [0.4, 0.5) is 0 Å². The van der Waals surface area contributed by atoms with Gasteiger partial charge in [-0.1, -0.05) is 12.1 Å². The normalized spacial score (nSPS) is 19.7. The summed E-state index contributed by atoms with van der Waals surface area (Å²) in [6.45, 7) is 3.22. The molecule has 5 nitrogen and oxygen atoms in total. The van der Waals surface area contributed by atoms with E-state index in [1.807, 2.05) is 12.1 Å². The van der Waals surface area contributed by atoms with Crippen molar-refractivity contribution in [3.8, 4) is 11.5 Å². The van der Waals surface area contributed by atoms with Crippen LogP contribution in [0, 0.1) is 0 Å². The fourth-order valence-electron chi connectivity index (χ4n) is 1.90. The largest absolute Gasteiger partial charge is 0.504 e. The van der Waals surface area contributed by atoms with Gasteiger partial charge in [-0.2, -0.15) is 0 Å². The molecule has 1 aromatic rings. The van der Waals surface area contributed by atoms with Gasteiger partial charge in [-0.15, -0.1) is 0 Å². The second-order valence-electron chi connectivity index (χ2n) is 4.17. The highest BCUT2D eigenvalue weighted by atomic mass is 16.6. The third kappa shape index (κ3) is 3.35. The molecule has 2 N–H and O–H groups in total. The van der Waals surface area contributed by atoms with Gasteiger partial charge in [0.1, 0.15) is 0 Å². The van der Waals surface area contributed by atoms with Crippen LogP contribution in [-0.2, 0) is 16.0 Å². The smallest absolute Gasteiger partial charge is 0.162 e. The Labute approximate surface area is 107 Å². The Hall–Kier alpha value is -1.30. The van der Waals surface area contributed by atoms with Crippen molar-refractivity contribution in [1.29, 1.82) is 0 Å². The molecule has 0 bridgehead atoms. The van der Waals surface area contributed by atoms with Crippen molar-refractivity contribution < 1.29 is 19.3 Å². The first-order chi connectivity index (χ1) is 8.81. The molecule has 5 heteroatoms. The molecule has 1 aromatic carbocycles. The lowest BCUT2D eigenvalue weighted by molar-refractivity contribution is -0.0864. The minimum Gasteiger partial charge on any atom is -0.504 e. The molecule has 0 saturated carbocycles. The van der Waals surface area contributed by atoms with E-state index in [0.717, 1.165) is 5.56 Å². The summed E-state index contributed by atoms with van der Waals surface area (Å²) in [5.74, 6) is 0.680. The van der Waals surface area contributed by atoms with Gasteiger partial charge >= 0.3 is 0 Å². The predicted octanol–water partition coefficient (Wildman–Crippen LogP) is 0.906. The zero-order valence-corrected chi connectivity index (χ0v) is 10.5. The first kappa shape index (κ1) is 13.1. The van der Waals surface area contributed by atoms with Crippen LogP contribution < -0.4 is 10.1 Å². The van der Waals surface area contributed by atoms with Crippen LogP contribution in [0.1, 0.15) is 5.56 Å². The summed E-state index contributed by atoms with van der Waals surface area (Å²) in [6, 6.07) is 5.45. The average molecular weight is 253 g/mol. The van der Waals surface area contributed by atoms with Crippen molar-refractivity contribution >= 4 is 0 Å². The summed E-state index contributed by atoms with van der Waals surface area (Å²) >= 11 is 0. The standard InChI is InChI=1S/C13H19NO4/c1-16-12-4-2-3-10(13(12)15)7-14-8-11-9-17-5-6-18-11/h2-4,11,14-15H,5-9H2,1H3. The van der Waals surface area contributed by atoms with Crippen LogP contribution in [0.25, 0.3) is 0 Å². The fraction of sp³-hybridized carbons (Fsp3) is 0.538. The van der Waals surface area contributed by atoms with Crippen molar-refractivity contribution in [3.63, 3.8) is 0 Å². The molecule has 1 unspecified atom stereocenters. The first-order valence-corrected chi connectivity index (χ1v) is 6.06. The zero-order valence-electron chi connectivity index (χ0n) is 10.5. The van der Waals surface area contributed by atoms with Crippen LogP contribution in [0.3, 0.4) is 0 Å². The predicted molar refractivity (Wildman–Crippen MR) is 66.9 cm³/mol. The minimum absolute atomic E-state index is 0.0894. The van der Waals surface area contributed by atoms with Gasteiger partial charge in [0.05, 0.1) is 33.0 Å². The first-order valence-electron chi connectivity index (χ1n) is 6.06. The van der Waals surface area contributed by atoms with E-state index in [4.69, 9.17) is 14.2 Å². The maximum absolute atomic E-state index is 9.90. The molecule has 2 rings (SSSR count). The van der Waals surface area contributed by atoms with Gasteiger partial charge in [-0.05, 0) is 6.07 Å². The number of hydrogen-bond acceptors (Lipinski definition) is 5. The van der Waals surface area contributed by atoms with E-state index in [-0.39, 0.29) is 11.9 Å². The third-order valence-electron chi connectivity index (χ3n) is 2.87. The number of aromatic hydroxyl groups is 1. The fourth-order valence-corrected chi connectivity index (χ4v) is 1.90. The Morgan fingerprint density at radius 2 is 2.33 bits per heavy atom. The lowest BCUT2D eigenvalue weighted by Gasteiger charge is -2.23. The van der Waals surface area contributed by atoms with E-state index in [1.54, 1.807) is 13.2 Å². The third-order valence-corrected chi connectivity index (χ3v) is 2.87. The zero-order chi connectivity index (χ0) is 12.8. The second kappa shape index (κ2) is 6.58. The molecule has 1 aliphatic rings. The second-order valence-corrected chi connectivity index (χ2v) is 4.17. The van der Waals surface area contributed by atoms with Crippen LogP contribution in [-0.4, -0.2) is 44.7 Å². The Morgan fingerprint density at radius 3 is 3.06 bits per heavy atom. The van der Waals surface area contributed by atoms with Crippen molar-refractivity contribution in [2.75, 3.05) is 33.5 Å². The molecule has 1 heterocycles. The van der Waals surface area contributed by atoms with Crippen LogP contribution in [0.15, 0.2) is 18.2 Å². The Balaban J connectivity index is 1.82. The van der Waals surface area contributed by atoms with Crippen molar-refractivity contribution in [1.82, 2.24) is 5.32 Å². The Kier molecular flexibility index (Phi) is 4.81. The highest BCUT2D eigenvalue weighted by molar-refractivity contribution is 5.45. The summed E-state index contributed by atoms with van der Waals surface area (Å²) in [5, 5.41) is 13.1. The van der Waals surface area contributed by atoms with Crippen LogP contribution in [0.5, 0.6) is 11.5 Å². The number of para-hydroxylation sites is 1. The van der Waals surface area contributed by atoms with Gasteiger partial charge in [-0.25, -0.2) is 0 Å². The van der Waals surface area contributed by atoms with Crippen molar-refractivity contribution in [3.05, 3.63) is 23.8 Å². The highest BCUT2D eigenvalue weighted by Crippen LogP contribution is 2.29. The molecule has 0 radical (unpaired) electrons. The van der Waals surface area contributed by atoms with E-state index >= 15 is 0 Å². The lowest BCUT2D eigenvalue weighted by atomic mass is 10.2. The molecular weight excluding hydrogens is 234 g/mol. The summed E-state index contributed by atoms with van der Waals surface area (Å²) in [4.78, 5) is 0. The lowest BCUT2D eigenvalue weighted by Crippen LogP contribution is -2.37. The molecular formula is C13H19NO4. The SMILES string of the molecule is COc1cccc(CNCC2COCCO2)c1O.